The van der Waals surface area contributed by atoms with Gasteiger partial charge in [0.1, 0.15) is 0 Å². The van der Waals surface area contributed by atoms with Crippen LogP contribution in [0.1, 0.15) is 10.4 Å². The maximum atomic E-state index is 13.4. The van der Waals surface area contributed by atoms with Gasteiger partial charge in [0.15, 0.2) is 0 Å². The molecule has 0 aliphatic rings. The molecule has 3 heteroatoms. The molecule has 0 aliphatic heterocycles. The summed E-state index contributed by atoms with van der Waals surface area (Å²) in [7, 11) is 0. The molecular weight excluding hydrogens is 439 g/mol. The number of benzene rings is 4. The Hall–Kier alpha value is -2.73. The molecule has 0 aliphatic carbocycles. The Balaban J connectivity index is 2.05. The van der Waals surface area contributed by atoms with Gasteiger partial charge in [-0.15, -0.1) is 0 Å². The molecule has 0 amide bonds. The Labute approximate surface area is 178 Å². The normalized spacial score (nSPS) is 11.1. The zero-order valence-electron chi connectivity index (χ0n) is 15.8. The number of ketones is 1. The second kappa shape index (κ2) is 8.74. The zero-order valence-corrected chi connectivity index (χ0v) is 18.4. The van der Waals surface area contributed by atoms with Crippen LogP contribution in [-0.2, 0) is 0 Å². The van der Waals surface area contributed by atoms with E-state index in [0.717, 1.165) is 0 Å². The molecule has 142 valence electrons. The van der Waals surface area contributed by atoms with E-state index in [1.807, 2.05) is 23.0 Å². The van der Waals surface area contributed by atoms with Crippen molar-refractivity contribution >= 4 is 48.4 Å². The van der Waals surface area contributed by atoms with Crippen LogP contribution in [0.4, 0.5) is 0 Å². The second-order valence-corrected chi connectivity index (χ2v) is 14.0. The van der Waals surface area contributed by atoms with Gasteiger partial charge < -0.3 is 0 Å². The average Bonchev–Trinajstić information content (AvgIpc) is 2.79. The topological polar surface area (TPSA) is 17.1 Å². The van der Waals surface area contributed by atoms with Gasteiger partial charge in [-0.25, -0.2) is 0 Å². The molecule has 0 radical (unpaired) electrons. The Morgan fingerprint density at radius 3 is 1.34 bits per heavy atom. The molecule has 29 heavy (non-hydrogen) atoms. The number of hydrogen-bond donors (Lipinski definition) is 0. The summed E-state index contributed by atoms with van der Waals surface area (Å²) in [6.45, 7) is 0. The van der Waals surface area contributed by atoms with Gasteiger partial charge in [-0.1, -0.05) is 0 Å². The van der Waals surface area contributed by atoms with E-state index in [1.165, 1.54) is 13.1 Å². The number of Topliss-reactive ketones (excluding diaryl/α,β-unsaturated/α-hetero) is 1. The van der Waals surface area contributed by atoms with Crippen LogP contribution in [0.15, 0.2) is 115 Å². The monoisotopic (exact) mass is 458 g/mol. The van der Waals surface area contributed by atoms with Crippen LogP contribution in [0.5, 0.6) is 0 Å². The van der Waals surface area contributed by atoms with Gasteiger partial charge in [0, 0.05) is 0 Å². The van der Waals surface area contributed by atoms with Crippen LogP contribution in [0, 0.1) is 0 Å². The summed E-state index contributed by atoms with van der Waals surface area (Å²) in [5.74, 6) is 0.0331. The van der Waals surface area contributed by atoms with Crippen molar-refractivity contribution in [2.75, 3.05) is 0 Å². The minimum atomic E-state index is -3.16. The van der Waals surface area contributed by atoms with Crippen molar-refractivity contribution in [3.05, 3.63) is 126 Å². The molecule has 0 N–H and O–H groups in total. The third-order valence-electron chi connectivity index (χ3n) is 4.93. The van der Waals surface area contributed by atoms with Gasteiger partial charge in [0.25, 0.3) is 0 Å². The van der Waals surface area contributed by atoms with Gasteiger partial charge in [0.05, 0.1) is 0 Å². The third kappa shape index (κ3) is 4.03. The molecule has 4 rings (SSSR count). The van der Waals surface area contributed by atoms with Gasteiger partial charge in [-0.2, -0.15) is 0 Å². The second-order valence-electron chi connectivity index (χ2n) is 6.73. The molecule has 4 aromatic rings. The summed E-state index contributed by atoms with van der Waals surface area (Å²) < 4.78 is 3.64. The van der Waals surface area contributed by atoms with Crippen LogP contribution in [0.2, 0.25) is 5.02 Å². The van der Waals surface area contributed by atoms with Crippen molar-refractivity contribution in [2.24, 2.45) is 0 Å². The number of carbonyl (C=O) groups is 1. The molecule has 0 spiro atoms. The number of carbonyl (C=O) groups excluding carboxylic acids is 1. The first kappa shape index (κ1) is 19.6. The first-order valence-electron chi connectivity index (χ1n) is 9.41. The van der Waals surface area contributed by atoms with E-state index in [0.29, 0.717) is 10.6 Å². The van der Waals surface area contributed by atoms with Crippen molar-refractivity contribution in [3.8, 4) is 0 Å². The van der Waals surface area contributed by atoms with Crippen LogP contribution in [0.3, 0.4) is 0 Å². The Morgan fingerprint density at radius 1 is 0.586 bits per heavy atom. The van der Waals surface area contributed by atoms with E-state index in [1.54, 1.807) is 24.3 Å². The Morgan fingerprint density at radius 2 is 0.966 bits per heavy atom. The predicted octanol–water partition coefficient (Wildman–Crippen LogP) is 4.08. The maximum absolute atomic E-state index is 13.4. The van der Waals surface area contributed by atoms with Gasteiger partial charge in [-0.3, -0.25) is 0 Å². The van der Waals surface area contributed by atoms with E-state index in [2.05, 4.69) is 72.8 Å². The van der Waals surface area contributed by atoms with E-state index >= 15 is 0 Å². The molecule has 0 aromatic heterocycles. The number of rotatable bonds is 5. The number of halogens is 1. The quantitative estimate of drug-likeness (QED) is 0.325. The van der Waals surface area contributed by atoms with Gasteiger partial charge >= 0.3 is 179 Å². The van der Waals surface area contributed by atoms with Gasteiger partial charge in [0.2, 0.25) is 0 Å². The van der Waals surface area contributed by atoms with Crippen molar-refractivity contribution in [1.29, 1.82) is 0 Å². The predicted molar refractivity (Wildman–Crippen MR) is 126 cm³/mol. The van der Waals surface area contributed by atoms with E-state index in [4.69, 9.17) is 11.6 Å². The molecule has 0 heterocycles. The van der Waals surface area contributed by atoms with E-state index in [-0.39, 0.29) is 5.78 Å². The molecule has 0 bridgehead atoms. The summed E-state index contributed by atoms with van der Waals surface area (Å²) in [5.41, 5.74) is 0.656. The van der Waals surface area contributed by atoms with Crippen molar-refractivity contribution in [3.63, 3.8) is 0 Å². The molecule has 0 saturated heterocycles. The van der Waals surface area contributed by atoms with Crippen molar-refractivity contribution in [1.82, 2.24) is 0 Å². The summed E-state index contributed by atoms with van der Waals surface area (Å²) in [4.78, 5) is 15.4. The molecule has 0 unspecified atom stereocenters. The van der Waals surface area contributed by atoms with Crippen LogP contribution >= 0.6 is 11.6 Å². The first-order chi connectivity index (χ1) is 14.2. The summed E-state index contributed by atoms with van der Waals surface area (Å²) in [5, 5.41) is 0.627. The fourth-order valence-electron chi connectivity index (χ4n) is 3.52. The minimum absolute atomic E-state index is 0.0331. The molecule has 0 saturated carbocycles. The summed E-state index contributed by atoms with van der Waals surface area (Å²) in [6, 6.07) is 38.4. The third-order valence-corrected chi connectivity index (χ3v) is 13.5. The molecule has 0 atom stereocenters. The standard InChI is InChI=1S/C26H20AsClO/c28-25-18-16-21(17-19-25)26(29)20-27(22-10-4-1-5-11-22,23-12-6-2-7-13-23)24-14-8-3-9-15-24/h1-20H. The Kier molecular flexibility index (Phi) is 5.90. The van der Waals surface area contributed by atoms with Gasteiger partial charge in [-0.05, 0) is 0 Å². The zero-order chi connectivity index (χ0) is 20.1. The van der Waals surface area contributed by atoms with Crippen LogP contribution < -0.4 is 13.1 Å². The molecule has 4 aromatic carbocycles. The molecule has 1 nitrogen and oxygen atoms in total. The van der Waals surface area contributed by atoms with Crippen molar-refractivity contribution < 1.29 is 4.79 Å². The molecule has 0 fully saturated rings. The Bertz CT molecular complexity index is 1050. The summed E-state index contributed by atoms with van der Waals surface area (Å²) in [6.07, 6.45) is 0. The van der Waals surface area contributed by atoms with E-state index in [9.17, 15) is 4.79 Å². The van der Waals surface area contributed by atoms with E-state index < -0.39 is 13.1 Å². The average molecular weight is 459 g/mol. The fourth-order valence-corrected chi connectivity index (χ4v) is 11.6. The SMILES string of the molecule is O=C(C=[As](c1ccccc1)(c1ccccc1)c1ccccc1)c1ccc(Cl)cc1. The van der Waals surface area contributed by atoms with Crippen molar-refractivity contribution in [2.45, 2.75) is 0 Å². The molecular formula is C26H20AsClO. The first-order valence-corrected chi connectivity index (χ1v) is 13.7. The fraction of sp³-hybridized carbons (Fsp3) is 0. The van der Waals surface area contributed by atoms with Crippen LogP contribution in [-0.4, -0.2) is 23.7 Å². The van der Waals surface area contributed by atoms with Crippen LogP contribution in [0.25, 0.3) is 0 Å². The summed E-state index contributed by atoms with van der Waals surface area (Å²) >= 11 is 2.86. The number of hydrogen-bond acceptors (Lipinski definition) is 1.